The van der Waals surface area contributed by atoms with Gasteiger partial charge in [-0.1, -0.05) is 29.0 Å². The maximum absolute atomic E-state index is 12.6. The summed E-state index contributed by atoms with van der Waals surface area (Å²) < 4.78 is 31.4. The van der Waals surface area contributed by atoms with Crippen molar-refractivity contribution in [1.29, 1.82) is 0 Å². The largest absolute Gasteiger partial charge is 0.316 e. The summed E-state index contributed by atoms with van der Waals surface area (Å²) in [6, 6.07) is 10.9. The number of benzene rings is 2. The maximum Gasteiger partial charge on any atom is 0.285 e. The van der Waals surface area contributed by atoms with E-state index in [4.69, 9.17) is 0 Å². The number of nitrogens with zero attached hydrogens (tertiary/aromatic N) is 3. The van der Waals surface area contributed by atoms with Crippen molar-refractivity contribution in [1.82, 2.24) is 4.57 Å². The summed E-state index contributed by atoms with van der Waals surface area (Å²) in [5, 5.41) is 10.9. The summed E-state index contributed by atoms with van der Waals surface area (Å²) in [6.07, 6.45) is 0. The van der Waals surface area contributed by atoms with E-state index in [2.05, 4.69) is 4.40 Å². The van der Waals surface area contributed by atoms with Gasteiger partial charge < -0.3 is 4.57 Å². The molecule has 1 aromatic heterocycles. The molecule has 3 aromatic rings. The molecule has 0 aliphatic carbocycles. The second kappa shape index (κ2) is 6.41. The first-order valence-electron chi connectivity index (χ1n) is 7.47. The van der Waals surface area contributed by atoms with Gasteiger partial charge in [-0.15, -0.1) is 4.40 Å². The third-order valence-electron chi connectivity index (χ3n) is 3.71. The van der Waals surface area contributed by atoms with Gasteiger partial charge in [0.15, 0.2) is 0 Å². The molecular weight excluding hydrogens is 362 g/mol. The number of hydrogen-bond acceptors (Lipinski definition) is 5. The van der Waals surface area contributed by atoms with Crippen molar-refractivity contribution in [3.05, 3.63) is 62.9 Å². The lowest BCUT2D eigenvalue weighted by atomic mass is 10.2. The van der Waals surface area contributed by atoms with Gasteiger partial charge in [-0.3, -0.25) is 10.1 Å². The van der Waals surface area contributed by atoms with E-state index in [-0.39, 0.29) is 10.6 Å². The summed E-state index contributed by atoms with van der Waals surface area (Å²) in [6.45, 7) is 4.24. The Kier molecular flexibility index (Phi) is 4.44. The SMILES string of the molecule is CCn1c(=NS(=O)(=O)c2ccc(C)cc2)sc2cc([N+](=O)[O-])ccc21. The first kappa shape index (κ1) is 17.3. The number of fused-ring (bicyclic) bond motifs is 1. The highest BCUT2D eigenvalue weighted by atomic mass is 32.2. The monoisotopic (exact) mass is 377 g/mol. The number of rotatable bonds is 4. The van der Waals surface area contributed by atoms with Crippen LogP contribution in [0.25, 0.3) is 10.2 Å². The zero-order valence-corrected chi connectivity index (χ0v) is 15.2. The van der Waals surface area contributed by atoms with Gasteiger partial charge in [0.05, 0.1) is 20.0 Å². The van der Waals surface area contributed by atoms with Crippen LogP contribution in [0.5, 0.6) is 0 Å². The van der Waals surface area contributed by atoms with Gasteiger partial charge in [0.2, 0.25) is 4.80 Å². The molecule has 7 nitrogen and oxygen atoms in total. The fourth-order valence-corrected chi connectivity index (χ4v) is 4.75. The van der Waals surface area contributed by atoms with Crippen LogP contribution in [0.4, 0.5) is 5.69 Å². The molecule has 0 bridgehead atoms. The van der Waals surface area contributed by atoms with Crippen LogP contribution in [0, 0.1) is 17.0 Å². The minimum atomic E-state index is -3.86. The third-order valence-corrected chi connectivity index (χ3v) is 6.15. The summed E-state index contributed by atoms with van der Waals surface area (Å²) >= 11 is 1.12. The Hall–Kier alpha value is -2.52. The second-order valence-corrected chi connectivity index (χ2v) is 8.03. The highest BCUT2D eigenvalue weighted by Gasteiger charge is 2.15. The smallest absolute Gasteiger partial charge is 0.285 e. The van der Waals surface area contributed by atoms with Crippen molar-refractivity contribution in [3.8, 4) is 0 Å². The second-order valence-electron chi connectivity index (χ2n) is 5.42. The van der Waals surface area contributed by atoms with Crippen molar-refractivity contribution in [2.75, 3.05) is 0 Å². The van der Waals surface area contributed by atoms with E-state index in [1.165, 1.54) is 24.3 Å². The molecule has 0 aliphatic heterocycles. The van der Waals surface area contributed by atoms with E-state index < -0.39 is 14.9 Å². The molecule has 25 heavy (non-hydrogen) atoms. The lowest BCUT2D eigenvalue weighted by Gasteiger charge is -2.01. The average Bonchev–Trinajstić information content (AvgIpc) is 2.90. The number of thiazole rings is 1. The fourth-order valence-electron chi connectivity index (χ4n) is 2.42. The molecule has 0 N–H and O–H groups in total. The Labute approximate surface area is 148 Å². The molecule has 0 radical (unpaired) electrons. The van der Waals surface area contributed by atoms with Crippen LogP contribution in [0.2, 0.25) is 0 Å². The Bertz CT molecular complexity index is 1130. The minimum Gasteiger partial charge on any atom is -0.316 e. The van der Waals surface area contributed by atoms with Crippen molar-refractivity contribution >= 4 is 37.3 Å². The van der Waals surface area contributed by atoms with E-state index in [9.17, 15) is 18.5 Å². The Morgan fingerprint density at radius 3 is 2.48 bits per heavy atom. The molecule has 0 saturated heterocycles. The van der Waals surface area contributed by atoms with Gasteiger partial charge in [-0.2, -0.15) is 8.42 Å². The van der Waals surface area contributed by atoms with E-state index in [0.29, 0.717) is 16.0 Å². The maximum atomic E-state index is 12.6. The number of aromatic nitrogens is 1. The normalized spacial score (nSPS) is 12.6. The van der Waals surface area contributed by atoms with Crippen LogP contribution in [0.3, 0.4) is 0 Å². The summed E-state index contributed by atoms with van der Waals surface area (Å²) in [5.74, 6) is 0. The number of sulfonamides is 1. The van der Waals surface area contributed by atoms with Gasteiger partial charge in [0, 0.05) is 18.7 Å². The summed E-state index contributed by atoms with van der Waals surface area (Å²) in [7, 11) is -3.86. The molecule has 0 fully saturated rings. The number of nitro benzene ring substituents is 1. The van der Waals surface area contributed by atoms with Gasteiger partial charge >= 0.3 is 0 Å². The molecule has 3 rings (SSSR count). The van der Waals surface area contributed by atoms with Crippen molar-refractivity contribution in [2.45, 2.75) is 25.3 Å². The Morgan fingerprint density at radius 2 is 1.88 bits per heavy atom. The molecule has 130 valence electrons. The topological polar surface area (TPSA) is 94.6 Å². The molecule has 0 atom stereocenters. The van der Waals surface area contributed by atoms with Crippen LogP contribution >= 0.6 is 11.3 Å². The molecular formula is C16H15N3O4S2. The minimum absolute atomic E-state index is 0.0371. The standard InChI is InChI=1S/C16H15N3O4S2/c1-3-18-14-9-6-12(19(20)21)10-15(14)24-16(18)17-25(22,23)13-7-4-11(2)5-8-13/h4-10H,3H2,1-2H3. The van der Waals surface area contributed by atoms with Gasteiger partial charge in [0.25, 0.3) is 15.7 Å². The molecule has 0 aliphatic rings. The van der Waals surface area contributed by atoms with E-state index >= 15 is 0 Å². The summed E-state index contributed by atoms with van der Waals surface area (Å²) in [5.41, 5.74) is 1.64. The van der Waals surface area contributed by atoms with Crippen LogP contribution in [-0.4, -0.2) is 17.9 Å². The Balaban J connectivity index is 2.21. The Morgan fingerprint density at radius 1 is 1.20 bits per heavy atom. The van der Waals surface area contributed by atoms with Crippen LogP contribution < -0.4 is 4.80 Å². The first-order valence-corrected chi connectivity index (χ1v) is 9.73. The van der Waals surface area contributed by atoms with Gasteiger partial charge in [0.1, 0.15) is 0 Å². The first-order chi connectivity index (χ1) is 11.8. The molecule has 0 amide bonds. The van der Waals surface area contributed by atoms with Crippen LogP contribution in [0.15, 0.2) is 51.8 Å². The highest BCUT2D eigenvalue weighted by molar-refractivity contribution is 7.90. The molecule has 1 heterocycles. The molecule has 2 aromatic carbocycles. The summed E-state index contributed by atoms with van der Waals surface area (Å²) in [4.78, 5) is 10.9. The zero-order valence-electron chi connectivity index (χ0n) is 13.5. The quantitative estimate of drug-likeness (QED) is 0.515. The zero-order chi connectivity index (χ0) is 18.2. The average molecular weight is 377 g/mol. The van der Waals surface area contributed by atoms with Crippen LogP contribution in [0.1, 0.15) is 12.5 Å². The van der Waals surface area contributed by atoms with Gasteiger partial charge in [-0.05, 0) is 32.0 Å². The van der Waals surface area contributed by atoms with Crippen LogP contribution in [-0.2, 0) is 16.6 Å². The highest BCUT2D eigenvalue weighted by Crippen LogP contribution is 2.23. The van der Waals surface area contributed by atoms with Crippen molar-refractivity contribution in [2.24, 2.45) is 4.40 Å². The number of non-ortho nitro benzene ring substituents is 1. The molecule has 9 heteroatoms. The predicted molar refractivity (Wildman–Crippen MR) is 96.1 cm³/mol. The van der Waals surface area contributed by atoms with E-state index in [1.54, 1.807) is 22.8 Å². The molecule has 0 unspecified atom stereocenters. The lowest BCUT2D eigenvalue weighted by molar-refractivity contribution is -0.384. The molecule has 0 spiro atoms. The van der Waals surface area contributed by atoms with Gasteiger partial charge in [-0.25, -0.2) is 0 Å². The number of hydrogen-bond donors (Lipinski definition) is 0. The van der Waals surface area contributed by atoms with Crippen molar-refractivity contribution in [3.63, 3.8) is 0 Å². The lowest BCUT2D eigenvalue weighted by Crippen LogP contribution is -2.16. The third kappa shape index (κ3) is 3.33. The van der Waals surface area contributed by atoms with Crippen molar-refractivity contribution < 1.29 is 13.3 Å². The van der Waals surface area contributed by atoms with E-state index in [1.807, 2.05) is 13.8 Å². The fraction of sp³-hybridized carbons (Fsp3) is 0.188. The molecule has 0 saturated carbocycles. The predicted octanol–water partition coefficient (Wildman–Crippen LogP) is 3.23. The number of aryl methyl sites for hydroxylation is 2. The number of nitro groups is 1. The van der Waals surface area contributed by atoms with E-state index in [0.717, 1.165) is 22.4 Å².